The van der Waals surface area contributed by atoms with Crippen molar-refractivity contribution in [2.45, 2.75) is 53.5 Å². The number of amides is 1. The Morgan fingerprint density at radius 1 is 1.35 bits per heavy atom. The lowest BCUT2D eigenvalue weighted by molar-refractivity contribution is -0.133. The van der Waals surface area contributed by atoms with Gasteiger partial charge in [0.1, 0.15) is 6.54 Å². The second-order valence-electron chi connectivity index (χ2n) is 4.39. The van der Waals surface area contributed by atoms with Gasteiger partial charge < -0.3 is 10.6 Å². The molecule has 0 aliphatic carbocycles. The minimum absolute atomic E-state index is 0.112. The zero-order chi connectivity index (χ0) is 13.8. The number of nitrogens with two attached hydrogens (primary N) is 1. The summed E-state index contributed by atoms with van der Waals surface area (Å²) in [6, 6.07) is 1.49. The van der Waals surface area contributed by atoms with Gasteiger partial charge in [0, 0.05) is 6.54 Å². The number of nitrogens with zero attached hydrogens (tertiary/aromatic N) is 2. The maximum atomic E-state index is 11.7. The molecule has 17 heavy (non-hydrogen) atoms. The summed E-state index contributed by atoms with van der Waals surface area (Å²) in [5, 5.41) is 8.55. The van der Waals surface area contributed by atoms with Crippen LogP contribution in [0, 0.1) is 17.2 Å². The minimum atomic E-state index is -0.491. The third kappa shape index (κ3) is 8.70. The Morgan fingerprint density at radius 2 is 1.82 bits per heavy atom. The molecule has 100 valence electrons. The number of nitriles is 1. The summed E-state index contributed by atoms with van der Waals surface area (Å²) in [4.78, 5) is 13.2. The van der Waals surface area contributed by atoms with Gasteiger partial charge in [-0.15, -0.1) is 0 Å². The van der Waals surface area contributed by atoms with Crippen LogP contribution in [-0.4, -0.2) is 29.9 Å². The molecular weight excluding hydrogens is 214 g/mol. The largest absolute Gasteiger partial charge is 0.328 e. The maximum Gasteiger partial charge on any atom is 0.240 e. The van der Waals surface area contributed by atoms with Crippen molar-refractivity contribution in [3.63, 3.8) is 0 Å². The predicted molar refractivity (Wildman–Crippen MR) is 71.3 cm³/mol. The summed E-state index contributed by atoms with van der Waals surface area (Å²) >= 11 is 0. The van der Waals surface area contributed by atoms with Crippen molar-refractivity contribution in [2.24, 2.45) is 11.7 Å². The zero-order valence-corrected chi connectivity index (χ0v) is 11.9. The number of rotatable bonds is 5. The lowest BCUT2D eigenvalue weighted by atomic mass is 10.0. The van der Waals surface area contributed by atoms with Crippen LogP contribution in [0.1, 0.15) is 47.5 Å². The zero-order valence-electron chi connectivity index (χ0n) is 11.9. The molecule has 0 aromatic carbocycles. The van der Waals surface area contributed by atoms with Crippen LogP contribution < -0.4 is 5.73 Å². The van der Waals surface area contributed by atoms with Gasteiger partial charge in [-0.1, -0.05) is 41.0 Å². The Kier molecular flexibility index (Phi) is 12.3. The van der Waals surface area contributed by atoms with Crippen molar-refractivity contribution in [1.29, 1.82) is 5.26 Å². The highest BCUT2D eigenvalue weighted by atomic mass is 16.2. The number of carbonyl (C=O) groups is 1. The minimum Gasteiger partial charge on any atom is -0.328 e. The van der Waals surface area contributed by atoms with Gasteiger partial charge in [-0.3, -0.25) is 4.79 Å². The molecule has 0 saturated carbocycles. The molecule has 0 bridgehead atoms. The van der Waals surface area contributed by atoms with Gasteiger partial charge in [-0.05, 0) is 12.3 Å². The molecule has 1 amide bonds. The van der Waals surface area contributed by atoms with Gasteiger partial charge in [0.2, 0.25) is 5.91 Å². The summed E-state index contributed by atoms with van der Waals surface area (Å²) in [5.74, 6) is -0.0102. The molecule has 0 aliphatic rings. The molecule has 1 unspecified atom stereocenters. The molecular formula is C13H27N3O. The van der Waals surface area contributed by atoms with E-state index in [4.69, 9.17) is 11.0 Å². The molecule has 0 aromatic heterocycles. The van der Waals surface area contributed by atoms with Crippen LogP contribution >= 0.6 is 0 Å². The highest BCUT2D eigenvalue weighted by Gasteiger charge is 2.22. The topological polar surface area (TPSA) is 70.1 Å². The van der Waals surface area contributed by atoms with E-state index < -0.39 is 6.04 Å². The van der Waals surface area contributed by atoms with Crippen LogP contribution in [0.25, 0.3) is 0 Å². The summed E-state index contributed by atoms with van der Waals surface area (Å²) in [6.07, 6.45) is 2.10. The van der Waals surface area contributed by atoms with Crippen LogP contribution in [0.15, 0.2) is 0 Å². The lowest BCUT2D eigenvalue weighted by Gasteiger charge is -2.24. The van der Waals surface area contributed by atoms with E-state index in [2.05, 4.69) is 13.8 Å². The average molecular weight is 241 g/mol. The molecule has 0 saturated heterocycles. The molecule has 0 radical (unpaired) electrons. The van der Waals surface area contributed by atoms with Gasteiger partial charge >= 0.3 is 0 Å². The predicted octanol–water partition coefficient (Wildman–Crippen LogP) is 2.15. The fourth-order valence-electron chi connectivity index (χ4n) is 1.12. The monoisotopic (exact) mass is 241 g/mol. The highest BCUT2D eigenvalue weighted by molar-refractivity contribution is 5.82. The quantitative estimate of drug-likeness (QED) is 0.750. The van der Waals surface area contributed by atoms with E-state index in [1.807, 2.05) is 26.8 Å². The molecule has 1 atom stereocenters. The van der Waals surface area contributed by atoms with E-state index in [1.165, 1.54) is 11.3 Å². The Bertz CT molecular complexity index is 233. The molecule has 0 aliphatic heterocycles. The molecule has 0 rings (SSSR count). The van der Waals surface area contributed by atoms with Crippen molar-refractivity contribution in [3.05, 3.63) is 0 Å². The molecule has 0 aromatic rings. The number of hydrogen-bond donors (Lipinski definition) is 1. The summed E-state index contributed by atoms with van der Waals surface area (Å²) < 4.78 is 0. The van der Waals surface area contributed by atoms with E-state index in [0.29, 0.717) is 6.54 Å². The second-order valence-corrected chi connectivity index (χ2v) is 4.39. The third-order valence-electron chi connectivity index (χ3n) is 2.07. The molecule has 4 heteroatoms. The fraction of sp³-hybridized carbons (Fsp3) is 0.846. The molecule has 2 N–H and O–H groups in total. The molecule has 0 fully saturated rings. The number of carbonyl (C=O) groups excluding carboxylic acids is 1. The standard InChI is InChI=1S/C10H19N3O.C3H8/c1-4-6-13(7-5-11)10(14)9(12)8(2)3;1-3-2/h8-9H,4,6-7,12H2,1-3H3;3H2,1-2H3. The van der Waals surface area contributed by atoms with Crippen LogP contribution in [0.3, 0.4) is 0 Å². The Hall–Kier alpha value is -1.08. The summed E-state index contributed by atoms with van der Waals surface area (Å²) in [5.41, 5.74) is 5.72. The normalized spacial score (nSPS) is 11.2. The van der Waals surface area contributed by atoms with E-state index >= 15 is 0 Å². The average Bonchev–Trinajstić information content (AvgIpc) is 2.27. The molecule has 0 spiro atoms. The first-order valence-electron chi connectivity index (χ1n) is 6.37. The van der Waals surface area contributed by atoms with Crippen molar-refractivity contribution < 1.29 is 4.79 Å². The van der Waals surface area contributed by atoms with Crippen molar-refractivity contribution in [1.82, 2.24) is 4.90 Å². The molecule has 0 heterocycles. The summed E-state index contributed by atoms with van der Waals surface area (Å²) in [6.45, 7) is 10.8. The number of hydrogen-bond acceptors (Lipinski definition) is 3. The second kappa shape index (κ2) is 11.4. The third-order valence-corrected chi connectivity index (χ3v) is 2.07. The van der Waals surface area contributed by atoms with Crippen molar-refractivity contribution in [2.75, 3.05) is 13.1 Å². The molecule has 4 nitrogen and oxygen atoms in total. The van der Waals surface area contributed by atoms with E-state index in [1.54, 1.807) is 0 Å². The smallest absolute Gasteiger partial charge is 0.240 e. The maximum absolute atomic E-state index is 11.7. The van der Waals surface area contributed by atoms with Crippen LogP contribution in [0.2, 0.25) is 0 Å². The van der Waals surface area contributed by atoms with Gasteiger partial charge in [-0.2, -0.15) is 5.26 Å². The van der Waals surface area contributed by atoms with E-state index in [-0.39, 0.29) is 18.4 Å². The first-order valence-corrected chi connectivity index (χ1v) is 6.37. The van der Waals surface area contributed by atoms with Gasteiger partial charge in [0.15, 0.2) is 0 Å². The van der Waals surface area contributed by atoms with Gasteiger partial charge in [0.05, 0.1) is 12.1 Å². The lowest BCUT2D eigenvalue weighted by Crippen LogP contribution is -2.46. The van der Waals surface area contributed by atoms with Crippen molar-refractivity contribution in [3.8, 4) is 6.07 Å². The Balaban J connectivity index is 0. The van der Waals surface area contributed by atoms with Crippen LogP contribution in [0.5, 0.6) is 0 Å². The van der Waals surface area contributed by atoms with E-state index in [0.717, 1.165) is 6.42 Å². The van der Waals surface area contributed by atoms with Crippen molar-refractivity contribution >= 4 is 5.91 Å². The first kappa shape index (κ1) is 18.3. The van der Waals surface area contributed by atoms with E-state index in [9.17, 15) is 4.79 Å². The Labute approximate surface area is 106 Å². The summed E-state index contributed by atoms with van der Waals surface area (Å²) in [7, 11) is 0. The SMILES string of the molecule is CCC.CCCN(CC#N)C(=O)C(N)C(C)C. The Morgan fingerprint density at radius 3 is 2.12 bits per heavy atom. The fourth-order valence-corrected chi connectivity index (χ4v) is 1.12. The first-order chi connectivity index (χ1) is 7.95. The van der Waals surface area contributed by atoms with Crippen LogP contribution in [-0.2, 0) is 4.79 Å². The van der Waals surface area contributed by atoms with Gasteiger partial charge in [0.25, 0.3) is 0 Å². The van der Waals surface area contributed by atoms with Gasteiger partial charge in [-0.25, -0.2) is 0 Å². The van der Waals surface area contributed by atoms with Crippen LogP contribution in [0.4, 0.5) is 0 Å². The highest BCUT2D eigenvalue weighted by Crippen LogP contribution is 2.03.